The lowest BCUT2D eigenvalue weighted by molar-refractivity contribution is -0.122. The van der Waals surface area contributed by atoms with Gasteiger partial charge in [0, 0.05) is 19.1 Å². The predicted molar refractivity (Wildman–Crippen MR) is 59.5 cm³/mol. The van der Waals surface area contributed by atoms with E-state index < -0.39 is 0 Å². The molecule has 0 saturated carbocycles. The Bertz CT molecular complexity index is 219. The van der Waals surface area contributed by atoms with E-state index in [0.717, 1.165) is 13.0 Å². The molecule has 0 aromatic heterocycles. The van der Waals surface area contributed by atoms with Crippen molar-refractivity contribution in [3.8, 4) is 0 Å². The molecule has 1 heterocycles. The van der Waals surface area contributed by atoms with E-state index in [9.17, 15) is 9.90 Å². The molecule has 4 nitrogen and oxygen atoms in total. The minimum absolute atomic E-state index is 0.0605. The second-order valence-electron chi connectivity index (χ2n) is 4.78. The van der Waals surface area contributed by atoms with Gasteiger partial charge < -0.3 is 10.4 Å². The van der Waals surface area contributed by atoms with Crippen LogP contribution in [0, 0.1) is 5.92 Å². The first-order valence-corrected chi connectivity index (χ1v) is 5.69. The fourth-order valence-corrected chi connectivity index (χ4v) is 1.63. The molecular weight excluding hydrogens is 192 g/mol. The van der Waals surface area contributed by atoms with Gasteiger partial charge in [0.2, 0.25) is 5.91 Å². The summed E-state index contributed by atoms with van der Waals surface area (Å²) in [6.45, 7) is 8.05. The lowest BCUT2D eigenvalue weighted by Crippen LogP contribution is -2.42. The zero-order valence-corrected chi connectivity index (χ0v) is 9.86. The number of carbonyl (C=O) groups excluding carboxylic acids is 1. The highest BCUT2D eigenvalue weighted by Gasteiger charge is 2.22. The van der Waals surface area contributed by atoms with Crippen LogP contribution in [0.25, 0.3) is 0 Å². The van der Waals surface area contributed by atoms with E-state index in [4.69, 9.17) is 0 Å². The summed E-state index contributed by atoms with van der Waals surface area (Å²) in [4.78, 5) is 13.6. The summed E-state index contributed by atoms with van der Waals surface area (Å²) in [7, 11) is 0. The largest absolute Gasteiger partial charge is 0.392 e. The van der Waals surface area contributed by atoms with E-state index >= 15 is 0 Å². The number of aliphatic hydroxyl groups is 1. The second kappa shape index (κ2) is 5.47. The van der Waals surface area contributed by atoms with Crippen LogP contribution in [0.2, 0.25) is 0 Å². The Labute approximate surface area is 91.6 Å². The maximum atomic E-state index is 11.6. The van der Waals surface area contributed by atoms with Crippen molar-refractivity contribution >= 4 is 5.91 Å². The Morgan fingerprint density at radius 3 is 2.67 bits per heavy atom. The zero-order chi connectivity index (χ0) is 11.4. The molecule has 1 saturated heterocycles. The third-order valence-corrected chi connectivity index (χ3v) is 3.00. The second-order valence-corrected chi connectivity index (χ2v) is 4.78. The van der Waals surface area contributed by atoms with Crippen molar-refractivity contribution in [3.05, 3.63) is 0 Å². The molecular formula is C11H22N2O2. The predicted octanol–water partition coefficient (Wildman–Crippen LogP) is 0.214. The van der Waals surface area contributed by atoms with Gasteiger partial charge in [-0.2, -0.15) is 0 Å². The number of nitrogens with zero attached hydrogens (tertiary/aromatic N) is 1. The quantitative estimate of drug-likeness (QED) is 0.703. The number of hydrogen-bond acceptors (Lipinski definition) is 3. The molecule has 0 aromatic rings. The minimum Gasteiger partial charge on any atom is -0.392 e. The van der Waals surface area contributed by atoms with Crippen LogP contribution in [0.4, 0.5) is 0 Å². The maximum Gasteiger partial charge on any atom is 0.234 e. The first-order chi connectivity index (χ1) is 6.99. The summed E-state index contributed by atoms with van der Waals surface area (Å²) in [5, 5.41) is 12.3. The molecule has 15 heavy (non-hydrogen) atoms. The van der Waals surface area contributed by atoms with Gasteiger partial charge in [-0.25, -0.2) is 0 Å². The summed E-state index contributed by atoms with van der Waals surface area (Å²) in [5.74, 6) is 0.517. The Hall–Kier alpha value is -0.610. The van der Waals surface area contributed by atoms with E-state index in [-0.39, 0.29) is 18.1 Å². The summed E-state index contributed by atoms with van der Waals surface area (Å²) >= 11 is 0. The topological polar surface area (TPSA) is 52.6 Å². The Kier molecular flexibility index (Phi) is 4.54. The SMILES string of the molecule is CC(C)C(C)NC(=O)CN1CC[C@H](O)C1. The summed E-state index contributed by atoms with van der Waals surface area (Å²) in [5.41, 5.74) is 0. The van der Waals surface area contributed by atoms with E-state index in [0.29, 0.717) is 19.0 Å². The fourth-order valence-electron chi connectivity index (χ4n) is 1.63. The Morgan fingerprint density at radius 2 is 2.20 bits per heavy atom. The summed E-state index contributed by atoms with van der Waals surface area (Å²) in [6, 6.07) is 0.213. The standard InChI is InChI=1S/C11H22N2O2/c1-8(2)9(3)12-11(15)7-13-5-4-10(14)6-13/h8-10,14H,4-7H2,1-3H3,(H,12,15)/t9?,10-/m0/s1. The highest BCUT2D eigenvalue weighted by Crippen LogP contribution is 2.08. The van der Waals surface area contributed by atoms with Crippen LogP contribution < -0.4 is 5.32 Å². The van der Waals surface area contributed by atoms with Crippen LogP contribution in [-0.2, 0) is 4.79 Å². The van der Waals surface area contributed by atoms with Gasteiger partial charge in [0.25, 0.3) is 0 Å². The average molecular weight is 214 g/mol. The number of hydrogen-bond donors (Lipinski definition) is 2. The molecule has 0 spiro atoms. The van der Waals surface area contributed by atoms with Crippen LogP contribution in [0.1, 0.15) is 27.2 Å². The zero-order valence-electron chi connectivity index (χ0n) is 9.86. The van der Waals surface area contributed by atoms with Gasteiger partial charge in [-0.15, -0.1) is 0 Å². The van der Waals surface area contributed by atoms with Gasteiger partial charge in [-0.3, -0.25) is 9.69 Å². The Morgan fingerprint density at radius 1 is 1.53 bits per heavy atom. The molecule has 0 radical (unpaired) electrons. The summed E-state index contributed by atoms with van der Waals surface area (Å²) in [6.07, 6.45) is 0.535. The third-order valence-electron chi connectivity index (χ3n) is 3.00. The molecule has 2 atom stereocenters. The first kappa shape index (κ1) is 12.5. The lowest BCUT2D eigenvalue weighted by atomic mass is 10.1. The van der Waals surface area contributed by atoms with Crippen molar-refractivity contribution in [1.82, 2.24) is 10.2 Å². The maximum absolute atomic E-state index is 11.6. The number of rotatable bonds is 4. The van der Waals surface area contributed by atoms with Gasteiger partial charge in [0.1, 0.15) is 0 Å². The molecule has 1 amide bonds. The highest BCUT2D eigenvalue weighted by molar-refractivity contribution is 5.78. The molecule has 1 fully saturated rings. The molecule has 1 aliphatic heterocycles. The van der Waals surface area contributed by atoms with Gasteiger partial charge in [-0.1, -0.05) is 13.8 Å². The monoisotopic (exact) mass is 214 g/mol. The molecule has 0 aliphatic carbocycles. The highest BCUT2D eigenvalue weighted by atomic mass is 16.3. The molecule has 0 bridgehead atoms. The molecule has 1 rings (SSSR count). The number of β-amino-alcohol motifs (C(OH)–C–C–N with tert-alkyl or cyclic N) is 1. The number of amides is 1. The van der Waals surface area contributed by atoms with Crippen LogP contribution in [0.5, 0.6) is 0 Å². The molecule has 88 valence electrons. The van der Waals surface area contributed by atoms with Gasteiger partial charge in [0.05, 0.1) is 12.6 Å². The third kappa shape index (κ3) is 4.18. The van der Waals surface area contributed by atoms with Crippen molar-refractivity contribution < 1.29 is 9.90 Å². The molecule has 0 aromatic carbocycles. The van der Waals surface area contributed by atoms with E-state index in [1.54, 1.807) is 0 Å². The van der Waals surface area contributed by atoms with E-state index in [1.807, 2.05) is 11.8 Å². The van der Waals surface area contributed by atoms with Crippen molar-refractivity contribution in [2.45, 2.75) is 39.3 Å². The molecule has 1 aliphatic rings. The van der Waals surface area contributed by atoms with Crippen LogP contribution >= 0.6 is 0 Å². The van der Waals surface area contributed by atoms with Crippen molar-refractivity contribution in [3.63, 3.8) is 0 Å². The van der Waals surface area contributed by atoms with Crippen LogP contribution in [0.3, 0.4) is 0 Å². The van der Waals surface area contributed by atoms with Gasteiger partial charge in [0.15, 0.2) is 0 Å². The lowest BCUT2D eigenvalue weighted by Gasteiger charge is -2.20. The van der Waals surface area contributed by atoms with Crippen LogP contribution in [0.15, 0.2) is 0 Å². The average Bonchev–Trinajstić information content (AvgIpc) is 2.50. The van der Waals surface area contributed by atoms with Gasteiger partial charge in [-0.05, 0) is 19.3 Å². The van der Waals surface area contributed by atoms with E-state index in [2.05, 4.69) is 19.2 Å². The van der Waals surface area contributed by atoms with Crippen molar-refractivity contribution in [2.75, 3.05) is 19.6 Å². The minimum atomic E-state index is -0.250. The smallest absolute Gasteiger partial charge is 0.234 e. The van der Waals surface area contributed by atoms with E-state index in [1.165, 1.54) is 0 Å². The fraction of sp³-hybridized carbons (Fsp3) is 0.909. The number of nitrogens with one attached hydrogen (secondary N) is 1. The van der Waals surface area contributed by atoms with Crippen molar-refractivity contribution in [1.29, 1.82) is 0 Å². The molecule has 2 N–H and O–H groups in total. The normalized spacial score (nSPS) is 24.5. The number of likely N-dealkylation sites (tertiary alicyclic amines) is 1. The van der Waals surface area contributed by atoms with Gasteiger partial charge >= 0.3 is 0 Å². The summed E-state index contributed by atoms with van der Waals surface area (Å²) < 4.78 is 0. The first-order valence-electron chi connectivity index (χ1n) is 5.69. The number of carbonyl (C=O) groups is 1. The molecule has 1 unspecified atom stereocenters. The van der Waals surface area contributed by atoms with Crippen LogP contribution in [-0.4, -0.2) is 47.7 Å². The Balaban J connectivity index is 2.24. The van der Waals surface area contributed by atoms with Crippen molar-refractivity contribution in [2.24, 2.45) is 5.92 Å². The number of aliphatic hydroxyl groups excluding tert-OH is 1. The molecule has 4 heteroatoms.